The number of nitrogens with two attached hydrogens (primary N) is 1. The highest BCUT2D eigenvalue weighted by molar-refractivity contribution is 5.93. The summed E-state index contributed by atoms with van der Waals surface area (Å²) in [4.78, 5) is 11.7. The number of hydrogen-bond acceptors (Lipinski definition) is 3. The monoisotopic (exact) mass is 330 g/mol. The van der Waals surface area contributed by atoms with Crippen LogP contribution < -0.4 is 11.1 Å². The van der Waals surface area contributed by atoms with Crippen LogP contribution in [0.4, 0.5) is 8.78 Å². The molecule has 1 aromatic heterocycles. The maximum absolute atomic E-state index is 13.0. The van der Waals surface area contributed by atoms with E-state index in [9.17, 15) is 13.6 Å². The van der Waals surface area contributed by atoms with Gasteiger partial charge in [0.05, 0.1) is 18.8 Å². The fourth-order valence-electron chi connectivity index (χ4n) is 1.69. The molecule has 0 aliphatic rings. The molecule has 4 N–H and O–H groups in total. The second-order valence-corrected chi connectivity index (χ2v) is 4.78. The van der Waals surface area contributed by atoms with Crippen LogP contribution >= 0.6 is 12.4 Å². The van der Waals surface area contributed by atoms with Gasteiger partial charge in [-0.2, -0.15) is 5.10 Å². The standard InChI is InChI=1S/C14H16F2N4O.ClH/c1-9-2-4-10(5-3-9)11-6-12(20-19-11)13(21)18-8-14(15,16)7-17;/h2-6H,7-8,17H2,1H3,(H,18,21)(H,19,20);1H. The Bertz CT molecular complexity index is 628. The second-order valence-electron chi connectivity index (χ2n) is 4.78. The van der Waals surface area contributed by atoms with Gasteiger partial charge in [-0.15, -0.1) is 12.4 Å². The van der Waals surface area contributed by atoms with Crippen molar-refractivity contribution in [3.05, 3.63) is 41.6 Å². The SMILES string of the molecule is Cc1ccc(-c2cc(C(=O)NCC(F)(F)CN)[nH]n2)cc1.Cl. The third-order valence-corrected chi connectivity index (χ3v) is 2.98. The van der Waals surface area contributed by atoms with Gasteiger partial charge in [-0.1, -0.05) is 29.8 Å². The van der Waals surface area contributed by atoms with E-state index >= 15 is 0 Å². The molecule has 0 spiro atoms. The van der Waals surface area contributed by atoms with Gasteiger partial charge < -0.3 is 11.1 Å². The number of carbonyl (C=O) groups is 1. The molecular formula is C14H17ClF2N4O. The summed E-state index contributed by atoms with van der Waals surface area (Å²) in [5.74, 6) is -3.76. The average molecular weight is 331 g/mol. The molecule has 1 heterocycles. The number of amides is 1. The first-order valence-corrected chi connectivity index (χ1v) is 6.40. The topological polar surface area (TPSA) is 83.8 Å². The van der Waals surface area contributed by atoms with Crippen molar-refractivity contribution < 1.29 is 13.6 Å². The first kappa shape index (κ1) is 18.1. The lowest BCUT2D eigenvalue weighted by Crippen LogP contribution is -2.41. The Morgan fingerprint density at radius 2 is 2.00 bits per heavy atom. The van der Waals surface area contributed by atoms with Crippen molar-refractivity contribution >= 4 is 18.3 Å². The largest absolute Gasteiger partial charge is 0.345 e. The van der Waals surface area contributed by atoms with Gasteiger partial charge >= 0.3 is 0 Å². The lowest BCUT2D eigenvalue weighted by atomic mass is 10.1. The number of H-pyrrole nitrogens is 1. The lowest BCUT2D eigenvalue weighted by Gasteiger charge is -2.13. The fraction of sp³-hybridized carbons (Fsp3) is 0.286. The van der Waals surface area contributed by atoms with E-state index in [-0.39, 0.29) is 18.1 Å². The summed E-state index contributed by atoms with van der Waals surface area (Å²) in [5.41, 5.74) is 7.54. The normalized spacial score (nSPS) is 10.9. The van der Waals surface area contributed by atoms with E-state index in [1.54, 1.807) is 0 Å². The zero-order valence-electron chi connectivity index (χ0n) is 11.9. The van der Waals surface area contributed by atoms with Gasteiger partial charge in [-0.05, 0) is 13.0 Å². The van der Waals surface area contributed by atoms with E-state index < -0.39 is 24.9 Å². The van der Waals surface area contributed by atoms with Crippen molar-refractivity contribution in [2.45, 2.75) is 12.8 Å². The van der Waals surface area contributed by atoms with Crippen LogP contribution in [0.5, 0.6) is 0 Å². The van der Waals surface area contributed by atoms with Crippen LogP contribution in [0.1, 0.15) is 16.1 Å². The number of carbonyl (C=O) groups excluding carboxylic acids is 1. The third kappa shape index (κ3) is 4.51. The van der Waals surface area contributed by atoms with Gasteiger partial charge in [0.25, 0.3) is 11.8 Å². The predicted molar refractivity (Wildman–Crippen MR) is 82.3 cm³/mol. The highest BCUT2D eigenvalue weighted by Gasteiger charge is 2.27. The molecule has 2 aromatic rings. The van der Waals surface area contributed by atoms with Crippen LogP contribution in [0.25, 0.3) is 11.3 Å². The summed E-state index contributed by atoms with van der Waals surface area (Å²) >= 11 is 0. The Labute approximate surface area is 132 Å². The lowest BCUT2D eigenvalue weighted by molar-refractivity contribution is 0.0118. The summed E-state index contributed by atoms with van der Waals surface area (Å²) in [6, 6.07) is 9.10. The Hall–Kier alpha value is -1.99. The first-order chi connectivity index (χ1) is 9.91. The third-order valence-electron chi connectivity index (χ3n) is 2.98. The molecule has 0 aliphatic carbocycles. The van der Waals surface area contributed by atoms with E-state index in [1.807, 2.05) is 31.2 Å². The fourth-order valence-corrected chi connectivity index (χ4v) is 1.69. The van der Waals surface area contributed by atoms with Crippen molar-refractivity contribution in [3.63, 3.8) is 0 Å². The molecule has 0 atom stereocenters. The number of aromatic nitrogens is 2. The smallest absolute Gasteiger partial charge is 0.277 e. The number of aryl methyl sites for hydroxylation is 1. The summed E-state index contributed by atoms with van der Waals surface area (Å²) in [5, 5.41) is 8.66. The van der Waals surface area contributed by atoms with Crippen molar-refractivity contribution in [2.24, 2.45) is 5.73 Å². The summed E-state index contributed by atoms with van der Waals surface area (Å²) in [6.45, 7) is 0.344. The first-order valence-electron chi connectivity index (χ1n) is 6.40. The minimum Gasteiger partial charge on any atom is -0.345 e. The van der Waals surface area contributed by atoms with Gasteiger partial charge in [0, 0.05) is 5.56 Å². The van der Waals surface area contributed by atoms with Crippen LogP contribution in [-0.2, 0) is 0 Å². The Morgan fingerprint density at radius 1 is 1.36 bits per heavy atom. The number of rotatable bonds is 5. The molecule has 0 fully saturated rings. The molecule has 22 heavy (non-hydrogen) atoms. The van der Waals surface area contributed by atoms with Crippen molar-refractivity contribution in [1.82, 2.24) is 15.5 Å². The maximum Gasteiger partial charge on any atom is 0.277 e. The predicted octanol–water partition coefficient (Wildman–Crippen LogP) is 2.13. The van der Waals surface area contributed by atoms with Crippen molar-refractivity contribution in [3.8, 4) is 11.3 Å². The van der Waals surface area contributed by atoms with Crippen molar-refractivity contribution in [1.29, 1.82) is 0 Å². The van der Waals surface area contributed by atoms with Crippen LogP contribution in [0.2, 0.25) is 0 Å². The number of nitrogens with zero attached hydrogens (tertiary/aromatic N) is 1. The highest BCUT2D eigenvalue weighted by atomic mass is 35.5. The van der Waals surface area contributed by atoms with Gasteiger partial charge in [0.1, 0.15) is 5.69 Å². The van der Waals surface area contributed by atoms with Crippen LogP contribution in [-0.4, -0.2) is 35.1 Å². The molecule has 0 radical (unpaired) electrons. The number of benzene rings is 1. The van der Waals surface area contributed by atoms with E-state index in [0.717, 1.165) is 11.1 Å². The average Bonchev–Trinajstić information content (AvgIpc) is 2.95. The molecule has 0 bridgehead atoms. The van der Waals surface area contributed by atoms with E-state index in [2.05, 4.69) is 15.5 Å². The molecule has 0 unspecified atom stereocenters. The number of halogens is 3. The minimum absolute atomic E-state index is 0. The van der Waals surface area contributed by atoms with E-state index in [0.29, 0.717) is 5.69 Å². The molecule has 0 saturated carbocycles. The van der Waals surface area contributed by atoms with Gasteiger partial charge in [0.15, 0.2) is 0 Å². The molecule has 120 valence electrons. The number of alkyl halides is 2. The Balaban J connectivity index is 0.00000242. The van der Waals surface area contributed by atoms with Crippen LogP contribution in [0.3, 0.4) is 0 Å². The number of aromatic amines is 1. The van der Waals surface area contributed by atoms with Crippen molar-refractivity contribution in [2.75, 3.05) is 13.1 Å². The molecule has 1 amide bonds. The molecule has 8 heteroatoms. The maximum atomic E-state index is 13.0. The molecule has 1 aromatic carbocycles. The molecule has 2 rings (SSSR count). The Kier molecular flexibility index (Phi) is 6.01. The molecule has 0 aliphatic heterocycles. The molecular weight excluding hydrogens is 314 g/mol. The zero-order chi connectivity index (χ0) is 15.5. The van der Waals surface area contributed by atoms with Gasteiger partial charge in [-0.25, -0.2) is 8.78 Å². The summed E-state index contributed by atoms with van der Waals surface area (Å²) in [6.07, 6.45) is 0. The van der Waals surface area contributed by atoms with E-state index in [4.69, 9.17) is 5.73 Å². The van der Waals surface area contributed by atoms with E-state index in [1.165, 1.54) is 6.07 Å². The number of hydrogen-bond donors (Lipinski definition) is 3. The summed E-state index contributed by atoms with van der Waals surface area (Å²) < 4.78 is 25.9. The van der Waals surface area contributed by atoms with Crippen LogP contribution in [0.15, 0.2) is 30.3 Å². The quantitative estimate of drug-likeness (QED) is 0.785. The molecule has 5 nitrogen and oxygen atoms in total. The summed E-state index contributed by atoms with van der Waals surface area (Å²) in [7, 11) is 0. The second kappa shape index (κ2) is 7.33. The van der Waals surface area contributed by atoms with Crippen LogP contribution in [0, 0.1) is 6.92 Å². The Morgan fingerprint density at radius 3 is 2.59 bits per heavy atom. The minimum atomic E-state index is -3.12. The molecule has 0 saturated heterocycles. The number of nitrogens with one attached hydrogen (secondary N) is 2. The zero-order valence-corrected chi connectivity index (χ0v) is 12.7. The van der Waals surface area contributed by atoms with Gasteiger partial charge in [0.2, 0.25) is 0 Å². The highest BCUT2D eigenvalue weighted by Crippen LogP contribution is 2.18. The van der Waals surface area contributed by atoms with Gasteiger partial charge in [-0.3, -0.25) is 9.89 Å².